The summed E-state index contributed by atoms with van der Waals surface area (Å²) in [6.45, 7) is 4.98. The van der Waals surface area contributed by atoms with E-state index in [1.54, 1.807) is 0 Å². The summed E-state index contributed by atoms with van der Waals surface area (Å²) in [6.07, 6.45) is 2.62. The Balaban J connectivity index is 1.89. The molecular formula is C15H20N2O. The van der Waals surface area contributed by atoms with Gasteiger partial charge in [-0.05, 0) is 43.7 Å². The number of nitrogens with zero attached hydrogens (tertiary/aromatic N) is 1. The highest BCUT2D eigenvalue weighted by molar-refractivity contribution is 5.84. The number of carbonyl (C=O) groups is 1. The van der Waals surface area contributed by atoms with E-state index in [9.17, 15) is 4.79 Å². The van der Waals surface area contributed by atoms with Crippen LogP contribution in [0.1, 0.15) is 37.1 Å². The Labute approximate surface area is 108 Å². The lowest BCUT2D eigenvalue weighted by molar-refractivity contribution is -0.130. The van der Waals surface area contributed by atoms with Crippen LogP contribution in [0.25, 0.3) is 0 Å². The van der Waals surface area contributed by atoms with Gasteiger partial charge in [0.15, 0.2) is 0 Å². The van der Waals surface area contributed by atoms with E-state index in [0.29, 0.717) is 0 Å². The fourth-order valence-electron chi connectivity index (χ4n) is 2.70. The summed E-state index contributed by atoms with van der Waals surface area (Å²) in [5, 5.41) is 3.42. The number of aryl methyl sites for hydroxylation is 1. The average molecular weight is 244 g/mol. The van der Waals surface area contributed by atoms with E-state index < -0.39 is 0 Å². The molecule has 1 aromatic carbocycles. The van der Waals surface area contributed by atoms with Gasteiger partial charge in [0, 0.05) is 6.54 Å². The van der Waals surface area contributed by atoms with Gasteiger partial charge in [0.1, 0.15) is 6.17 Å². The van der Waals surface area contributed by atoms with Crippen LogP contribution < -0.4 is 5.32 Å². The minimum atomic E-state index is -0.0617. The number of benzene rings is 1. The van der Waals surface area contributed by atoms with E-state index in [1.165, 1.54) is 24.0 Å². The minimum absolute atomic E-state index is 0.0617. The van der Waals surface area contributed by atoms with Crippen LogP contribution in [0, 0.1) is 12.8 Å². The molecule has 2 atom stereocenters. The summed E-state index contributed by atoms with van der Waals surface area (Å²) in [6, 6.07) is 8.27. The maximum atomic E-state index is 12.2. The molecule has 1 saturated heterocycles. The summed E-state index contributed by atoms with van der Waals surface area (Å²) < 4.78 is 0. The fraction of sp³-hybridized carbons (Fsp3) is 0.533. The van der Waals surface area contributed by atoms with Gasteiger partial charge in [0.05, 0.1) is 6.04 Å². The molecule has 3 nitrogen and oxygen atoms in total. The van der Waals surface area contributed by atoms with Crippen molar-refractivity contribution in [3.8, 4) is 0 Å². The van der Waals surface area contributed by atoms with Crippen molar-refractivity contribution in [2.75, 3.05) is 6.54 Å². The Kier molecular flexibility index (Phi) is 2.86. The van der Waals surface area contributed by atoms with Gasteiger partial charge in [0.25, 0.3) is 0 Å². The van der Waals surface area contributed by atoms with Gasteiger partial charge in [-0.1, -0.05) is 24.3 Å². The number of nitrogens with one attached hydrogen (secondary N) is 1. The molecule has 0 spiro atoms. The second-order valence-electron chi connectivity index (χ2n) is 5.58. The van der Waals surface area contributed by atoms with Crippen LogP contribution in [0.4, 0.5) is 0 Å². The fourth-order valence-corrected chi connectivity index (χ4v) is 2.70. The van der Waals surface area contributed by atoms with Crippen molar-refractivity contribution in [1.82, 2.24) is 10.2 Å². The van der Waals surface area contributed by atoms with Gasteiger partial charge in [-0.3, -0.25) is 10.1 Å². The maximum Gasteiger partial charge on any atom is 0.241 e. The van der Waals surface area contributed by atoms with Crippen LogP contribution in [-0.2, 0) is 4.79 Å². The Morgan fingerprint density at radius 1 is 1.33 bits per heavy atom. The predicted molar refractivity (Wildman–Crippen MR) is 71.0 cm³/mol. The monoisotopic (exact) mass is 244 g/mol. The molecule has 1 heterocycles. The number of rotatable bonds is 3. The summed E-state index contributed by atoms with van der Waals surface area (Å²) in [7, 11) is 0. The normalized spacial score (nSPS) is 27.9. The summed E-state index contributed by atoms with van der Waals surface area (Å²) in [5.41, 5.74) is 2.48. The first-order valence-corrected chi connectivity index (χ1v) is 6.79. The van der Waals surface area contributed by atoms with E-state index in [2.05, 4.69) is 24.4 Å². The van der Waals surface area contributed by atoms with Gasteiger partial charge in [0.2, 0.25) is 5.91 Å². The first-order valence-electron chi connectivity index (χ1n) is 6.79. The molecule has 2 aliphatic rings. The Bertz CT molecular complexity index is 467. The lowest BCUT2D eigenvalue weighted by Gasteiger charge is -2.25. The first kappa shape index (κ1) is 11.7. The smallest absolute Gasteiger partial charge is 0.241 e. The molecule has 96 valence electrons. The lowest BCUT2D eigenvalue weighted by Crippen LogP contribution is -2.32. The van der Waals surface area contributed by atoms with Crippen molar-refractivity contribution in [2.45, 2.75) is 38.9 Å². The zero-order chi connectivity index (χ0) is 12.7. The van der Waals surface area contributed by atoms with Gasteiger partial charge < -0.3 is 4.90 Å². The molecule has 2 fully saturated rings. The molecule has 1 N–H and O–H groups in total. The minimum Gasteiger partial charge on any atom is -0.321 e. The van der Waals surface area contributed by atoms with Gasteiger partial charge in [-0.2, -0.15) is 0 Å². The van der Waals surface area contributed by atoms with Gasteiger partial charge >= 0.3 is 0 Å². The Morgan fingerprint density at radius 3 is 2.72 bits per heavy atom. The predicted octanol–water partition coefficient (Wildman–Crippen LogP) is 2.22. The molecule has 3 rings (SSSR count). The van der Waals surface area contributed by atoms with Crippen molar-refractivity contribution >= 4 is 5.91 Å². The second-order valence-corrected chi connectivity index (χ2v) is 5.58. The Hall–Kier alpha value is -1.35. The van der Waals surface area contributed by atoms with Crippen LogP contribution >= 0.6 is 0 Å². The summed E-state index contributed by atoms with van der Waals surface area (Å²) >= 11 is 0. The number of amides is 1. The number of carbonyl (C=O) groups excluding carboxylic acids is 1. The van der Waals surface area contributed by atoms with Crippen molar-refractivity contribution in [1.29, 1.82) is 0 Å². The third-order valence-corrected chi connectivity index (χ3v) is 4.01. The van der Waals surface area contributed by atoms with Crippen LogP contribution in [0.15, 0.2) is 24.3 Å². The molecule has 2 unspecified atom stereocenters. The van der Waals surface area contributed by atoms with Crippen molar-refractivity contribution in [2.24, 2.45) is 5.92 Å². The molecule has 0 radical (unpaired) electrons. The third-order valence-electron chi connectivity index (χ3n) is 4.01. The average Bonchev–Trinajstić information content (AvgIpc) is 3.13. The maximum absolute atomic E-state index is 12.2. The lowest BCUT2D eigenvalue weighted by atomic mass is 10.1. The highest BCUT2D eigenvalue weighted by Crippen LogP contribution is 2.35. The molecule has 3 heteroatoms. The van der Waals surface area contributed by atoms with E-state index in [-0.39, 0.29) is 18.1 Å². The van der Waals surface area contributed by atoms with E-state index in [0.717, 1.165) is 12.5 Å². The number of hydrogen-bond acceptors (Lipinski definition) is 2. The van der Waals surface area contributed by atoms with Crippen molar-refractivity contribution in [3.05, 3.63) is 35.4 Å². The molecule has 0 aromatic heterocycles. The highest BCUT2D eigenvalue weighted by atomic mass is 16.2. The molecule has 1 aliphatic carbocycles. The SMILES string of the molecule is Cc1ccccc1C1NC(C)C(=O)N1CC1CC1. The molecule has 1 saturated carbocycles. The van der Waals surface area contributed by atoms with Crippen molar-refractivity contribution in [3.63, 3.8) is 0 Å². The molecule has 1 amide bonds. The van der Waals surface area contributed by atoms with Gasteiger partial charge in [-0.15, -0.1) is 0 Å². The van der Waals surface area contributed by atoms with E-state index >= 15 is 0 Å². The second kappa shape index (κ2) is 4.39. The first-order chi connectivity index (χ1) is 8.66. The Morgan fingerprint density at radius 2 is 2.06 bits per heavy atom. The molecule has 18 heavy (non-hydrogen) atoms. The molecular weight excluding hydrogens is 224 g/mol. The van der Waals surface area contributed by atoms with Crippen LogP contribution in [0.3, 0.4) is 0 Å². The standard InChI is InChI=1S/C15H20N2O/c1-10-5-3-4-6-13(10)14-16-11(2)15(18)17(14)9-12-7-8-12/h3-6,11-12,14,16H,7-9H2,1-2H3. The molecule has 1 aromatic rings. The van der Waals surface area contributed by atoms with Crippen LogP contribution in [-0.4, -0.2) is 23.4 Å². The van der Waals surface area contributed by atoms with Crippen molar-refractivity contribution < 1.29 is 4.79 Å². The van der Waals surface area contributed by atoms with Gasteiger partial charge in [-0.25, -0.2) is 0 Å². The largest absolute Gasteiger partial charge is 0.321 e. The third kappa shape index (κ3) is 2.03. The van der Waals surface area contributed by atoms with Crippen LogP contribution in [0.5, 0.6) is 0 Å². The quantitative estimate of drug-likeness (QED) is 0.884. The highest BCUT2D eigenvalue weighted by Gasteiger charge is 2.40. The molecule has 0 bridgehead atoms. The van der Waals surface area contributed by atoms with Crippen LogP contribution in [0.2, 0.25) is 0 Å². The zero-order valence-electron chi connectivity index (χ0n) is 11.0. The summed E-state index contributed by atoms with van der Waals surface area (Å²) in [4.78, 5) is 14.3. The van der Waals surface area contributed by atoms with E-state index in [1.807, 2.05) is 24.0 Å². The summed E-state index contributed by atoms with van der Waals surface area (Å²) in [5.74, 6) is 0.975. The topological polar surface area (TPSA) is 32.3 Å². The molecule has 1 aliphatic heterocycles. The number of hydrogen-bond donors (Lipinski definition) is 1. The zero-order valence-corrected chi connectivity index (χ0v) is 11.0. The van der Waals surface area contributed by atoms with E-state index in [4.69, 9.17) is 0 Å².